The first kappa shape index (κ1) is 27.8. The second-order valence-electron chi connectivity index (χ2n) is 9.02. The van der Waals surface area contributed by atoms with E-state index in [-0.39, 0.29) is 48.0 Å². The molecule has 0 aliphatic heterocycles. The molecule has 0 atom stereocenters. The molecule has 0 fully saturated rings. The highest BCUT2D eigenvalue weighted by molar-refractivity contribution is 5.14. The summed E-state index contributed by atoms with van der Waals surface area (Å²) in [6.45, 7) is 4.78. The average molecular weight is 608 g/mol. The number of hydrogen-bond donors (Lipinski definition) is 0. The Bertz CT molecular complexity index is 570. The molecule has 28 heavy (non-hydrogen) atoms. The third kappa shape index (κ3) is 11.7. The van der Waals surface area contributed by atoms with Crippen molar-refractivity contribution in [3.63, 3.8) is 0 Å². The minimum absolute atomic E-state index is 0. The normalized spacial score (nSPS) is 11.4. The van der Waals surface area contributed by atoms with Crippen LogP contribution >= 0.6 is 0 Å². The summed E-state index contributed by atoms with van der Waals surface area (Å²) in [5, 5.41) is 0. The molecule has 0 saturated heterocycles. The van der Waals surface area contributed by atoms with Gasteiger partial charge in [0, 0.05) is 11.1 Å². The molecule has 0 spiro atoms. The number of nitrogens with zero attached hydrogens (tertiary/aromatic N) is 2. The molecular formula is C24H38I2N2. The fourth-order valence-electron chi connectivity index (χ4n) is 3.75. The van der Waals surface area contributed by atoms with Crippen molar-refractivity contribution in [2.75, 3.05) is 41.3 Å². The summed E-state index contributed by atoms with van der Waals surface area (Å²) in [6, 6.07) is 21.7. The van der Waals surface area contributed by atoms with Gasteiger partial charge in [-0.15, -0.1) is 0 Å². The molecule has 0 bridgehead atoms. The van der Waals surface area contributed by atoms with Crippen LogP contribution < -0.4 is 48.0 Å². The number of halogens is 2. The Hall–Kier alpha value is -0.180. The highest BCUT2D eigenvalue weighted by atomic mass is 127. The Kier molecular flexibility index (Phi) is 13.8. The highest BCUT2D eigenvalue weighted by Crippen LogP contribution is 2.14. The molecule has 0 N–H and O–H groups in total. The standard InChI is InChI=1S/C24H38N2.2HI/c1-25(2,21-23-15-9-7-10-16-23)19-13-5-6-14-20-26(3,4)22-24-17-11-8-12-18-24;;/h7-12,15-18H,5-6,13-14,19-22H2,1-4H3;2*1H/q+2;;/p-2. The molecule has 0 radical (unpaired) electrons. The zero-order valence-corrected chi connectivity index (χ0v) is 22.4. The monoisotopic (exact) mass is 608 g/mol. The lowest BCUT2D eigenvalue weighted by Crippen LogP contribution is -3.00. The average Bonchev–Trinajstić information content (AvgIpc) is 2.59. The maximum Gasteiger partial charge on any atom is 0.104 e. The van der Waals surface area contributed by atoms with E-state index in [0.29, 0.717) is 0 Å². The molecular weight excluding hydrogens is 570 g/mol. The van der Waals surface area contributed by atoms with E-state index in [1.165, 1.54) is 49.9 Å². The Morgan fingerprint density at radius 1 is 0.500 bits per heavy atom. The van der Waals surface area contributed by atoms with Gasteiger partial charge in [-0.05, 0) is 25.7 Å². The minimum atomic E-state index is 0. The summed E-state index contributed by atoms with van der Waals surface area (Å²) in [5.74, 6) is 0. The van der Waals surface area contributed by atoms with Gasteiger partial charge in [-0.1, -0.05) is 60.7 Å². The largest absolute Gasteiger partial charge is 1.00 e. The summed E-state index contributed by atoms with van der Waals surface area (Å²) < 4.78 is 2.17. The first-order valence-electron chi connectivity index (χ1n) is 10.1. The molecule has 2 aromatic carbocycles. The Morgan fingerprint density at radius 2 is 0.821 bits per heavy atom. The molecule has 0 heterocycles. The van der Waals surface area contributed by atoms with Crippen LogP contribution in [0.2, 0.25) is 0 Å². The van der Waals surface area contributed by atoms with Crippen LogP contribution in [0.1, 0.15) is 36.8 Å². The van der Waals surface area contributed by atoms with Crippen LogP contribution in [-0.2, 0) is 13.1 Å². The molecule has 0 unspecified atom stereocenters. The van der Waals surface area contributed by atoms with E-state index in [2.05, 4.69) is 88.9 Å². The van der Waals surface area contributed by atoms with Gasteiger partial charge in [0.1, 0.15) is 13.1 Å². The van der Waals surface area contributed by atoms with Crippen molar-refractivity contribution in [1.29, 1.82) is 0 Å². The number of quaternary nitrogens is 2. The number of benzene rings is 2. The van der Waals surface area contributed by atoms with Crippen molar-refractivity contribution in [3.05, 3.63) is 71.8 Å². The number of hydrogen-bond acceptors (Lipinski definition) is 0. The molecule has 2 rings (SSSR count). The molecule has 4 heteroatoms. The predicted octanol–water partition coefficient (Wildman–Crippen LogP) is -0.892. The van der Waals surface area contributed by atoms with Gasteiger partial charge >= 0.3 is 0 Å². The molecule has 0 aliphatic rings. The van der Waals surface area contributed by atoms with Crippen molar-refractivity contribution >= 4 is 0 Å². The summed E-state index contributed by atoms with van der Waals surface area (Å²) in [4.78, 5) is 0. The highest BCUT2D eigenvalue weighted by Gasteiger charge is 2.17. The van der Waals surface area contributed by atoms with E-state index in [1.54, 1.807) is 0 Å². The van der Waals surface area contributed by atoms with Crippen LogP contribution in [-0.4, -0.2) is 50.2 Å². The molecule has 0 aliphatic carbocycles. The first-order chi connectivity index (χ1) is 12.4. The minimum Gasteiger partial charge on any atom is -1.00 e. The topological polar surface area (TPSA) is 0 Å². The van der Waals surface area contributed by atoms with Crippen molar-refractivity contribution in [3.8, 4) is 0 Å². The predicted molar refractivity (Wildman–Crippen MR) is 113 cm³/mol. The van der Waals surface area contributed by atoms with Gasteiger partial charge in [-0.3, -0.25) is 0 Å². The Morgan fingerprint density at radius 3 is 1.14 bits per heavy atom. The van der Waals surface area contributed by atoms with E-state index in [9.17, 15) is 0 Å². The molecule has 158 valence electrons. The number of unbranched alkanes of at least 4 members (excludes halogenated alkanes) is 3. The van der Waals surface area contributed by atoms with Gasteiger partial charge in [-0.2, -0.15) is 0 Å². The fourth-order valence-corrected chi connectivity index (χ4v) is 3.75. The maximum absolute atomic E-state index is 2.35. The summed E-state index contributed by atoms with van der Waals surface area (Å²) >= 11 is 0. The van der Waals surface area contributed by atoms with Crippen LogP contribution in [0.4, 0.5) is 0 Å². The SMILES string of the molecule is C[N+](C)(CCCCCC[N+](C)(C)Cc1ccccc1)Cc1ccccc1.[I-].[I-]. The molecule has 0 aromatic heterocycles. The van der Waals surface area contributed by atoms with Gasteiger partial charge < -0.3 is 56.9 Å². The van der Waals surface area contributed by atoms with E-state index in [4.69, 9.17) is 0 Å². The molecule has 2 nitrogen and oxygen atoms in total. The number of rotatable bonds is 11. The summed E-state index contributed by atoms with van der Waals surface area (Å²) in [6.07, 6.45) is 5.35. The Labute approximate surface area is 207 Å². The van der Waals surface area contributed by atoms with Gasteiger partial charge in [0.15, 0.2) is 0 Å². The van der Waals surface area contributed by atoms with Crippen molar-refractivity contribution in [2.24, 2.45) is 0 Å². The van der Waals surface area contributed by atoms with Crippen LogP contribution in [0, 0.1) is 0 Å². The van der Waals surface area contributed by atoms with E-state index in [0.717, 1.165) is 22.1 Å². The summed E-state index contributed by atoms with van der Waals surface area (Å²) in [5.41, 5.74) is 2.88. The van der Waals surface area contributed by atoms with Crippen LogP contribution in [0.5, 0.6) is 0 Å². The summed E-state index contributed by atoms with van der Waals surface area (Å²) in [7, 11) is 9.42. The second-order valence-corrected chi connectivity index (χ2v) is 9.02. The third-order valence-corrected chi connectivity index (χ3v) is 5.18. The maximum atomic E-state index is 2.35. The first-order valence-corrected chi connectivity index (χ1v) is 10.1. The smallest absolute Gasteiger partial charge is 0.104 e. The van der Waals surface area contributed by atoms with Gasteiger partial charge in [0.2, 0.25) is 0 Å². The van der Waals surface area contributed by atoms with Crippen LogP contribution in [0.15, 0.2) is 60.7 Å². The van der Waals surface area contributed by atoms with E-state index < -0.39 is 0 Å². The van der Waals surface area contributed by atoms with Crippen molar-refractivity contribution < 1.29 is 56.9 Å². The van der Waals surface area contributed by atoms with Gasteiger partial charge in [0.25, 0.3) is 0 Å². The molecule has 2 aromatic rings. The van der Waals surface area contributed by atoms with Crippen LogP contribution in [0.3, 0.4) is 0 Å². The zero-order chi connectivity index (χ0) is 18.9. The zero-order valence-electron chi connectivity index (χ0n) is 18.1. The van der Waals surface area contributed by atoms with Crippen molar-refractivity contribution in [1.82, 2.24) is 0 Å². The lowest BCUT2D eigenvalue weighted by atomic mass is 10.1. The lowest BCUT2D eigenvalue weighted by Gasteiger charge is -2.31. The second kappa shape index (κ2) is 13.9. The van der Waals surface area contributed by atoms with E-state index in [1.807, 2.05) is 0 Å². The fraction of sp³-hybridized carbons (Fsp3) is 0.500. The third-order valence-electron chi connectivity index (χ3n) is 5.18. The van der Waals surface area contributed by atoms with Crippen LogP contribution in [0.25, 0.3) is 0 Å². The van der Waals surface area contributed by atoms with Crippen molar-refractivity contribution in [2.45, 2.75) is 38.8 Å². The van der Waals surface area contributed by atoms with Gasteiger partial charge in [-0.25, -0.2) is 0 Å². The molecule has 0 saturated carbocycles. The van der Waals surface area contributed by atoms with E-state index >= 15 is 0 Å². The Balaban J connectivity index is 0.00000364. The molecule has 0 amide bonds. The quantitative estimate of drug-likeness (QED) is 0.177. The van der Waals surface area contributed by atoms with Gasteiger partial charge in [0.05, 0.1) is 41.3 Å². The lowest BCUT2D eigenvalue weighted by molar-refractivity contribution is -0.904.